The van der Waals surface area contributed by atoms with E-state index in [0.29, 0.717) is 39.2 Å². The number of aromatic nitrogens is 4. The quantitative estimate of drug-likeness (QED) is 0.308. The van der Waals surface area contributed by atoms with Gasteiger partial charge in [0.25, 0.3) is 5.91 Å². The van der Waals surface area contributed by atoms with Crippen LogP contribution in [-0.2, 0) is 0 Å². The molecule has 0 fully saturated rings. The molecule has 0 bridgehead atoms. The predicted octanol–water partition coefficient (Wildman–Crippen LogP) is 4.71. The Kier molecular flexibility index (Phi) is 6.56. The SMILES string of the molecule is COc1cc(C(=O)Nc2nc3ccc(Oc4ccnc5cc(OC)c(OC)cc45)cc3s2)nc(OC)n1. The van der Waals surface area contributed by atoms with Gasteiger partial charge < -0.3 is 23.7 Å². The van der Waals surface area contributed by atoms with Crippen LogP contribution in [0.1, 0.15) is 10.5 Å². The zero-order chi connectivity index (χ0) is 25.9. The molecule has 1 N–H and O–H groups in total. The number of hydrogen-bond acceptors (Lipinski definition) is 11. The molecule has 5 aromatic rings. The third kappa shape index (κ3) is 4.86. The Morgan fingerprint density at radius 1 is 0.811 bits per heavy atom. The lowest BCUT2D eigenvalue weighted by Gasteiger charge is -2.12. The summed E-state index contributed by atoms with van der Waals surface area (Å²) in [5.41, 5.74) is 1.50. The summed E-state index contributed by atoms with van der Waals surface area (Å²) in [5, 5.41) is 3.93. The first-order chi connectivity index (χ1) is 18.0. The number of nitrogens with one attached hydrogen (secondary N) is 1. The van der Waals surface area contributed by atoms with Crippen LogP contribution in [-0.4, -0.2) is 54.3 Å². The Labute approximate surface area is 215 Å². The molecule has 3 heterocycles. The van der Waals surface area contributed by atoms with Crippen molar-refractivity contribution in [3.8, 4) is 34.9 Å². The second-order valence-electron chi connectivity index (χ2n) is 7.52. The van der Waals surface area contributed by atoms with Gasteiger partial charge in [-0.05, 0) is 24.3 Å². The fourth-order valence-corrected chi connectivity index (χ4v) is 4.45. The lowest BCUT2D eigenvalue weighted by atomic mass is 10.2. The number of carbonyl (C=O) groups excluding carboxylic acids is 1. The molecule has 188 valence electrons. The van der Waals surface area contributed by atoms with Crippen molar-refractivity contribution in [2.75, 3.05) is 33.8 Å². The van der Waals surface area contributed by atoms with Crippen molar-refractivity contribution in [2.24, 2.45) is 0 Å². The second-order valence-corrected chi connectivity index (χ2v) is 8.55. The molecule has 0 saturated carbocycles. The number of rotatable bonds is 8. The topological polar surface area (TPSA) is 127 Å². The van der Waals surface area contributed by atoms with Gasteiger partial charge in [0, 0.05) is 29.8 Å². The number of thiazole rings is 1. The zero-order valence-corrected chi connectivity index (χ0v) is 21.1. The van der Waals surface area contributed by atoms with E-state index in [4.69, 9.17) is 23.7 Å². The van der Waals surface area contributed by atoms with Crippen LogP contribution < -0.4 is 29.0 Å². The number of hydrogen-bond donors (Lipinski definition) is 1. The van der Waals surface area contributed by atoms with E-state index in [9.17, 15) is 4.79 Å². The number of amides is 1. The Bertz CT molecular complexity index is 1600. The van der Waals surface area contributed by atoms with E-state index in [1.807, 2.05) is 18.2 Å². The number of fused-ring (bicyclic) bond motifs is 2. The minimum absolute atomic E-state index is 0.0234. The number of ether oxygens (including phenoxy) is 5. The average Bonchev–Trinajstić information content (AvgIpc) is 3.33. The number of pyridine rings is 1. The summed E-state index contributed by atoms with van der Waals surface area (Å²) in [4.78, 5) is 29.7. The van der Waals surface area contributed by atoms with E-state index in [1.54, 1.807) is 38.6 Å². The molecule has 0 spiro atoms. The zero-order valence-electron chi connectivity index (χ0n) is 20.3. The van der Waals surface area contributed by atoms with Crippen molar-refractivity contribution in [1.29, 1.82) is 0 Å². The van der Waals surface area contributed by atoms with Crippen molar-refractivity contribution in [3.05, 3.63) is 54.4 Å². The molecular formula is C25H21N5O6S. The maximum absolute atomic E-state index is 12.8. The summed E-state index contributed by atoms with van der Waals surface area (Å²) in [6.07, 6.45) is 1.67. The van der Waals surface area contributed by atoms with Gasteiger partial charge in [-0.15, -0.1) is 0 Å². The minimum Gasteiger partial charge on any atom is -0.493 e. The predicted molar refractivity (Wildman–Crippen MR) is 138 cm³/mol. The number of anilines is 1. The van der Waals surface area contributed by atoms with Crippen LogP contribution in [0.25, 0.3) is 21.1 Å². The molecule has 0 aliphatic rings. The highest BCUT2D eigenvalue weighted by Crippen LogP contribution is 2.38. The Hall–Kier alpha value is -4.71. The van der Waals surface area contributed by atoms with E-state index >= 15 is 0 Å². The van der Waals surface area contributed by atoms with Crippen LogP contribution in [0.3, 0.4) is 0 Å². The molecule has 11 nitrogen and oxygen atoms in total. The molecule has 0 saturated heterocycles. The van der Waals surface area contributed by atoms with E-state index in [1.165, 1.54) is 31.6 Å². The van der Waals surface area contributed by atoms with Crippen LogP contribution in [0.15, 0.2) is 48.7 Å². The summed E-state index contributed by atoms with van der Waals surface area (Å²) in [6, 6.07) is 12.3. The number of benzene rings is 2. The lowest BCUT2D eigenvalue weighted by Crippen LogP contribution is -2.14. The van der Waals surface area contributed by atoms with Crippen LogP contribution >= 0.6 is 11.3 Å². The van der Waals surface area contributed by atoms with Gasteiger partial charge in [-0.2, -0.15) is 9.97 Å². The highest BCUT2D eigenvalue weighted by atomic mass is 32.1. The lowest BCUT2D eigenvalue weighted by molar-refractivity contribution is 0.102. The maximum atomic E-state index is 12.8. The largest absolute Gasteiger partial charge is 0.493 e. The Balaban J connectivity index is 1.40. The summed E-state index contributed by atoms with van der Waals surface area (Å²) >= 11 is 1.30. The van der Waals surface area contributed by atoms with Gasteiger partial charge in [-0.3, -0.25) is 15.1 Å². The fourth-order valence-electron chi connectivity index (χ4n) is 3.56. The Morgan fingerprint density at radius 2 is 1.62 bits per heavy atom. The summed E-state index contributed by atoms with van der Waals surface area (Å²) in [5.74, 6) is 2.10. The standard InChI is InChI=1S/C25H21N5O6S/c1-32-19-10-14-16(11-20(19)33-2)26-8-7-18(14)36-13-5-6-15-21(9-13)37-25(28-15)30-23(31)17-12-22(34-3)29-24(27-17)35-4/h5-12H,1-4H3,(H,28,30,31). The van der Waals surface area contributed by atoms with Crippen LogP contribution in [0.2, 0.25) is 0 Å². The van der Waals surface area contributed by atoms with E-state index in [-0.39, 0.29) is 17.6 Å². The smallest absolute Gasteiger partial charge is 0.320 e. The maximum Gasteiger partial charge on any atom is 0.320 e. The first-order valence-electron chi connectivity index (χ1n) is 10.9. The molecule has 12 heteroatoms. The third-order valence-corrected chi connectivity index (χ3v) is 6.26. The normalized spacial score (nSPS) is 10.8. The second kappa shape index (κ2) is 10.1. The first kappa shape index (κ1) is 24.0. The molecule has 0 aliphatic heterocycles. The van der Waals surface area contributed by atoms with Gasteiger partial charge in [-0.1, -0.05) is 11.3 Å². The van der Waals surface area contributed by atoms with Gasteiger partial charge in [0.1, 0.15) is 17.2 Å². The van der Waals surface area contributed by atoms with Gasteiger partial charge in [-0.25, -0.2) is 4.98 Å². The van der Waals surface area contributed by atoms with Crippen LogP contribution in [0, 0.1) is 0 Å². The number of nitrogens with zero attached hydrogens (tertiary/aromatic N) is 4. The van der Waals surface area contributed by atoms with Crippen molar-refractivity contribution in [3.63, 3.8) is 0 Å². The average molecular weight is 520 g/mol. The van der Waals surface area contributed by atoms with Gasteiger partial charge >= 0.3 is 6.01 Å². The van der Waals surface area contributed by atoms with Gasteiger partial charge in [0.05, 0.1) is 44.2 Å². The van der Waals surface area contributed by atoms with E-state index < -0.39 is 5.91 Å². The van der Waals surface area contributed by atoms with Gasteiger partial charge in [0.2, 0.25) is 5.88 Å². The van der Waals surface area contributed by atoms with E-state index in [0.717, 1.165) is 10.1 Å². The fraction of sp³-hybridized carbons (Fsp3) is 0.160. The van der Waals surface area contributed by atoms with Crippen LogP contribution in [0.5, 0.6) is 34.9 Å². The van der Waals surface area contributed by atoms with E-state index in [2.05, 4.69) is 25.3 Å². The molecule has 5 rings (SSSR count). The highest BCUT2D eigenvalue weighted by molar-refractivity contribution is 7.22. The van der Waals surface area contributed by atoms with Crippen molar-refractivity contribution >= 4 is 43.5 Å². The summed E-state index contributed by atoms with van der Waals surface area (Å²) in [7, 11) is 6.00. The van der Waals surface area contributed by atoms with Crippen molar-refractivity contribution < 1.29 is 28.5 Å². The van der Waals surface area contributed by atoms with Crippen molar-refractivity contribution in [1.82, 2.24) is 19.9 Å². The minimum atomic E-state index is -0.470. The molecular weight excluding hydrogens is 498 g/mol. The van der Waals surface area contributed by atoms with Crippen LogP contribution in [0.4, 0.5) is 5.13 Å². The highest BCUT2D eigenvalue weighted by Gasteiger charge is 2.16. The molecule has 3 aromatic heterocycles. The number of carbonyl (C=O) groups is 1. The molecule has 0 aliphatic carbocycles. The van der Waals surface area contributed by atoms with Crippen molar-refractivity contribution in [2.45, 2.75) is 0 Å². The molecule has 0 unspecified atom stereocenters. The molecule has 37 heavy (non-hydrogen) atoms. The van der Waals surface area contributed by atoms with Gasteiger partial charge in [0.15, 0.2) is 16.6 Å². The molecule has 0 atom stereocenters. The summed E-state index contributed by atoms with van der Waals surface area (Å²) < 4.78 is 28.0. The molecule has 1 amide bonds. The first-order valence-corrected chi connectivity index (χ1v) is 11.7. The number of methoxy groups -OCH3 is 4. The Morgan fingerprint density at radius 3 is 2.38 bits per heavy atom. The molecule has 0 radical (unpaired) electrons. The third-order valence-electron chi connectivity index (χ3n) is 5.32. The molecule has 2 aromatic carbocycles. The monoisotopic (exact) mass is 519 g/mol. The summed E-state index contributed by atoms with van der Waals surface area (Å²) in [6.45, 7) is 0.